The Morgan fingerprint density at radius 1 is 0.481 bits per heavy atom. The van der Waals surface area contributed by atoms with E-state index in [1.54, 1.807) is 6.08 Å². The van der Waals surface area contributed by atoms with Crippen LogP contribution in [0.5, 0.6) is 0 Å². The second-order valence-electron chi connectivity index (χ2n) is 21.8. The lowest BCUT2D eigenvalue weighted by Crippen LogP contribution is -2.65. The van der Waals surface area contributed by atoms with Gasteiger partial charge in [0.2, 0.25) is 5.91 Å². The molecule has 0 aromatic carbocycles. The van der Waals surface area contributed by atoms with Crippen molar-refractivity contribution in [3.05, 3.63) is 60.8 Å². The number of nitrogens with one attached hydrogen (secondary N) is 1. The van der Waals surface area contributed by atoms with Gasteiger partial charge in [0.1, 0.15) is 48.8 Å². The summed E-state index contributed by atoms with van der Waals surface area (Å²) in [7, 11) is 0. The molecular formula is C63H113NO13. The van der Waals surface area contributed by atoms with Crippen LogP contribution in [0.3, 0.4) is 0 Å². The van der Waals surface area contributed by atoms with E-state index in [1.807, 2.05) is 6.08 Å². The number of rotatable bonds is 49. The Labute approximate surface area is 466 Å². The first-order valence-corrected chi connectivity index (χ1v) is 31.0. The number of amides is 1. The van der Waals surface area contributed by atoms with Crippen molar-refractivity contribution in [1.29, 1.82) is 0 Å². The zero-order chi connectivity index (χ0) is 56.0. The van der Waals surface area contributed by atoms with Crippen molar-refractivity contribution in [2.24, 2.45) is 0 Å². The molecule has 2 saturated heterocycles. The van der Waals surface area contributed by atoms with Crippen molar-refractivity contribution in [1.82, 2.24) is 5.32 Å². The molecule has 0 aromatic heterocycles. The molecule has 12 atom stereocenters. The monoisotopic (exact) mass is 1090 g/mol. The number of hydrogen-bond donors (Lipinski definition) is 9. The highest BCUT2D eigenvalue weighted by Crippen LogP contribution is 2.30. The van der Waals surface area contributed by atoms with Gasteiger partial charge in [0.25, 0.3) is 0 Å². The molecule has 0 spiro atoms. The molecule has 14 nitrogen and oxygen atoms in total. The van der Waals surface area contributed by atoms with Crippen molar-refractivity contribution in [3.8, 4) is 0 Å². The topological polar surface area (TPSA) is 228 Å². The number of unbranched alkanes of at least 4 members (excludes halogenated alkanes) is 28. The molecule has 1 amide bonds. The number of hydrogen-bond acceptors (Lipinski definition) is 13. The van der Waals surface area contributed by atoms with E-state index < -0.39 is 86.8 Å². The Hall–Kier alpha value is -2.31. The van der Waals surface area contributed by atoms with E-state index in [1.165, 1.54) is 141 Å². The average Bonchev–Trinajstić information content (AvgIpc) is 3.44. The van der Waals surface area contributed by atoms with E-state index in [-0.39, 0.29) is 18.9 Å². The Bertz CT molecular complexity index is 1520. The quantitative estimate of drug-likeness (QED) is 0.0204. The van der Waals surface area contributed by atoms with Gasteiger partial charge in [-0.15, -0.1) is 0 Å². The van der Waals surface area contributed by atoms with Gasteiger partial charge in [0.15, 0.2) is 12.6 Å². The van der Waals surface area contributed by atoms with E-state index in [0.717, 1.165) is 70.6 Å². The van der Waals surface area contributed by atoms with Crippen molar-refractivity contribution < 1.29 is 64.6 Å². The molecule has 0 saturated carbocycles. The van der Waals surface area contributed by atoms with Gasteiger partial charge in [0.05, 0.1) is 32.0 Å². The summed E-state index contributed by atoms with van der Waals surface area (Å²) in [4.78, 5) is 13.2. The number of allylic oxidation sites excluding steroid dienone is 9. The Balaban J connectivity index is 1.55. The summed E-state index contributed by atoms with van der Waals surface area (Å²) in [6, 6.07) is -0.911. The minimum Gasteiger partial charge on any atom is -0.394 e. The average molecular weight is 1090 g/mol. The van der Waals surface area contributed by atoms with E-state index >= 15 is 0 Å². The highest BCUT2D eigenvalue weighted by molar-refractivity contribution is 5.76. The summed E-state index contributed by atoms with van der Waals surface area (Å²) in [5.41, 5.74) is 0. The normalized spacial score (nSPS) is 25.1. The molecule has 0 aromatic rings. The highest BCUT2D eigenvalue weighted by Gasteiger charge is 2.51. The molecule has 0 aliphatic carbocycles. The predicted molar refractivity (Wildman–Crippen MR) is 309 cm³/mol. The Morgan fingerprint density at radius 3 is 1.38 bits per heavy atom. The molecule has 0 bridgehead atoms. The third-order valence-electron chi connectivity index (χ3n) is 15.0. The SMILES string of the molecule is CC/C=C\C/C=C\C/C=C\C/C=C\CCCCCCCCCCCCCCCCCCCCCCCCC(=O)NC(COC1OC(CO)C(OC2OC(CO)C(O)C(O)C2O)C(O)C1O)C(O)/C=C/CCCCCCCC. The molecule has 2 rings (SSSR count). The number of carbonyl (C=O) groups excluding carboxylic acids is 1. The molecule has 9 N–H and O–H groups in total. The van der Waals surface area contributed by atoms with E-state index in [0.29, 0.717) is 6.42 Å². The highest BCUT2D eigenvalue weighted by atomic mass is 16.7. The lowest BCUT2D eigenvalue weighted by molar-refractivity contribution is -0.359. The first-order valence-electron chi connectivity index (χ1n) is 31.0. The summed E-state index contributed by atoms with van der Waals surface area (Å²) in [5, 5.41) is 86.7. The van der Waals surface area contributed by atoms with Gasteiger partial charge in [-0.3, -0.25) is 4.79 Å². The summed E-state index contributed by atoms with van der Waals surface area (Å²) in [6.07, 6.45) is 46.1. The minimum absolute atomic E-state index is 0.241. The molecule has 2 aliphatic heterocycles. The van der Waals surface area contributed by atoms with Gasteiger partial charge in [-0.05, 0) is 57.8 Å². The number of aliphatic hydroxyl groups is 8. The molecule has 0 radical (unpaired) electrons. The smallest absolute Gasteiger partial charge is 0.220 e. The Morgan fingerprint density at radius 2 is 0.896 bits per heavy atom. The van der Waals surface area contributed by atoms with Gasteiger partial charge < -0.3 is 65.1 Å². The van der Waals surface area contributed by atoms with Crippen LogP contribution in [-0.2, 0) is 23.7 Å². The van der Waals surface area contributed by atoms with E-state index in [4.69, 9.17) is 18.9 Å². The largest absolute Gasteiger partial charge is 0.394 e. The minimum atomic E-state index is -1.79. The predicted octanol–water partition coefficient (Wildman–Crippen LogP) is 10.9. The third kappa shape index (κ3) is 33.9. The molecule has 14 heteroatoms. The lowest BCUT2D eigenvalue weighted by Gasteiger charge is -2.46. The summed E-state index contributed by atoms with van der Waals surface area (Å²) >= 11 is 0. The van der Waals surface area contributed by atoms with Crippen LogP contribution in [0, 0.1) is 0 Å². The Kier molecular flexibility index (Phi) is 44.5. The first-order chi connectivity index (χ1) is 37.6. The maximum Gasteiger partial charge on any atom is 0.220 e. The molecule has 2 fully saturated rings. The molecular weight excluding hydrogens is 979 g/mol. The van der Waals surface area contributed by atoms with Crippen LogP contribution in [0.1, 0.15) is 239 Å². The van der Waals surface area contributed by atoms with Crippen LogP contribution in [0.4, 0.5) is 0 Å². The van der Waals surface area contributed by atoms with Crippen molar-refractivity contribution in [2.45, 2.75) is 312 Å². The van der Waals surface area contributed by atoms with Crippen molar-refractivity contribution in [2.75, 3.05) is 19.8 Å². The van der Waals surface area contributed by atoms with Gasteiger partial charge in [-0.1, -0.05) is 235 Å². The summed E-state index contributed by atoms with van der Waals surface area (Å²) in [6.45, 7) is 2.63. The second-order valence-corrected chi connectivity index (χ2v) is 21.8. The fraction of sp³-hybridized carbons (Fsp3) is 0.825. The first kappa shape index (κ1) is 70.8. The standard InChI is InChI=1S/C63H113NO13/c1-3-5-7-9-11-13-14-15-16-17-18-19-20-21-22-23-24-25-26-27-28-29-30-31-32-33-34-35-36-37-38-39-41-43-45-47-55(68)64-51(52(67)46-44-42-40-12-10-8-6-4-2)50-74-62-60(73)58(71)61(54(49-66)76-62)77-63-59(72)57(70)56(69)53(48-65)75-63/h5,7,11,13,15-16,18-19,44,46,51-54,56-63,65-67,69-73H,3-4,6,8-10,12,14,17,20-43,45,47-50H2,1-2H3,(H,64,68)/b7-5-,13-11-,16-15-,19-18-,46-44+. The molecule has 2 heterocycles. The van der Waals surface area contributed by atoms with Crippen LogP contribution in [0.25, 0.3) is 0 Å². The lowest BCUT2D eigenvalue weighted by atomic mass is 9.97. The van der Waals surface area contributed by atoms with Gasteiger partial charge >= 0.3 is 0 Å². The van der Waals surface area contributed by atoms with Crippen LogP contribution < -0.4 is 5.32 Å². The fourth-order valence-electron chi connectivity index (χ4n) is 9.99. The summed E-state index contributed by atoms with van der Waals surface area (Å²) < 4.78 is 22.7. The molecule has 2 aliphatic rings. The number of carbonyl (C=O) groups is 1. The maximum atomic E-state index is 13.2. The third-order valence-corrected chi connectivity index (χ3v) is 15.0. The second kappa shape index (κ2) is 48.4. The zero-order valence-corrected chi connectivity index (χ0v) is 48.2. The molecule has 12 unspecified atom stereocenters. The maximum absolute atomic E-state index is 13.2. The fourth-order valence-corrected chi connectivity index (χ4v) is 9.99. The number of aliphatic hydroxyl groups excluding tert-OH is 8. The van der Waals surface area contributed by atoms with Crippen molar-refractivity contribution in [3.63, 3.8) is 0 Å². The van der Waals surface area contributed by atoms with Crippen LogP contribution in [0.15, 0.2) is 60.8 Å². The van der Waals surface area contributed by atoms with E-state index in [2.05, 4.69) is 67.8 Å². The molecule has 448 valence electrons. The van der Waals surface area contributed by atoms with Gasteiger partial charge in [-0.2, -0.15) is 0 Å². The number of ether oxygens (including phenoxy) is 4. The molecule has 77 heavy (non-hydrogen) atoms. The van der Waals surface area contributed by atoms with Gasteiger partial charge in [0, 0.05) is 6.42 Å². The van der Waals surface area contributed by atoms with E-state index in [9.17, 15) is 45.6 Å². The van der Waals surface area contributed by atoms with Gasteiger partial charge in [-0.25, -0.2) is 0 Å². The van der Waals surface area contributed by atoms with Crippen LogP contribution in [-0.4, -0.2) is 140 Å². The van der Waals surface area contributed by atoms with Crippen LogP contribution >= 0.6 is 0 Å². The van der Waals surface area contributed by atoms with Crippen LogP contribution in [0.2, 0.25) is 0 Å². The van der Waals surface area contributed by atoms with Crippen molar-refractivity contribution >= 4 is 5.91 Å². The zero-order valence-electron chi connectivity index (χ0n) is 48.2. The summed E-state index contributed by atoms with van der Waals surface area (Å²) in [5.74, 6) is -0.241.